The zero-order valence-corrected chi connectivity index (χ0v) is 12.8. The van der Waals surface area contributed by atoms with Gasteiger partial charge in [-0.15, -0.1) is 5.10 Å². The number of nitrogens with one attached hydrogen (secondary N) is 1. The Bertz CT molecular complexity index is 684. The van der Waals surface area contributed by atoms with Gasteiger partial charge in [0.25, 0.3) is 5.91 Å². The summed E-state index contributed by atoms with van der Waals surface area (Å²) in [4.78, 5) is 22.5. The Hall–Kier alpha value is -2.22. The minimum atomic E-state index is -1.00. The number of benzene rings is 1. The molecule has 1 aromatic heterocycles. The lowest BCUT2D eigenvalue weighted by atomic mass is 10.1. The van der Waals surface area contributed by atoms with Crippen molar-refractivity contribution in [2.24, 2.45) is 0 Å². The smallest absolute Gasteiger partial charge is 0.325 e. The highest BCUT2D eigenvalue weighted by Crippen LogP contribution is 2.17. The first-order valence-electron chi connectivity index (χ1n) is 6.11. The van der Waals surface area contributed by atoms with Crippen LogP contribution in [-0.4, -0.2) is 32.0 Å². The molecule has 0 aliphatic heterocycles. The predicted octanol–water partition coefficient (Wildman–Crippen LogP) is 1.36. The lowest BCUT2D eigenvalue weighted by Gasteiger charge is -2.05. The van der Waals surface area contributed by atoms with E-state index in [0.29, 0.717) is 11.3 Å². The van der Waals surface area contributed by atoms with Crippen molar-refractivity contribution in [3.05, 3.63) is 45.7 Å². The molecule has 7 nitrogen and oxygen atoms in total. The molecule has 110 valence electrons. The molecular weight excluding hydrogens is 340 g/mol. The number of rotatable bonds is 5. The van der Waals surface area contributed by atoms with Gasteiger partial charge in [0.15, 0.2) is 0 Å². The van der Waals surface area contributed by atoms with Crippen molar-refractivity contribution in [1.82, 2.24) is 20.3 Å². The van der Waals surface area contributed by atoms with Gasteiger partial charge in [-0.1, -0.05) is 27.2 Å². The van der Waals surface area contributed by atoms with Crippen LogP contribution in [0.1, 0.15) is 21.6 Å². The maximum absolute atomic E-state index is 12.0. The lowest BCUT2D eigenvalue weighted by Crippen LogP contribution is -2.23. The highest BCUT2D eigenvalue weighted by Gasteiger charge is 2.09. The Morgan fingerprint density at radius 3 is 2.86 bits per heavy atom. The van der Waals surface area contributed by atoms with E-state index in [1.807, 2.05) is 13.0 Å². The van der Waals surface area contributed by atoms with E-state index >= 15 is 0 Å². The summed E-state index contributed by atoms with van der Waals surface area (Å²) < 4.78 is 2.06. The molecule has 0 radical (unpaired) electrons. The molecule has 0 unspecified atom stereocenters. The minimum absolute atomic E-state index is 0.184. The average molecular weight is 353 g/mol. The van der Waals surface area contributed by atoms with E-state index in [-0.39, 0.29) is 19.0 Å². The van der Waals surface area contributed by atoms with E-state index in [1.165, 1.54) is 10.9 Å². The standard InChI is InChI=1S/C13H13BrN4O3/c1-8-2-3-9(4-11(8)14)13(21)15-5-10-6-18(17-16-10)7-12(19)20/h2-4,6H,5,7H2,1H3,(H,15,21)(H,19,20). The number of carbonyl (C=O) groups excluding carboxylic acids is 1. The first kappa shape index (κ1) is 15.2. The Morgan fingerprint density at radius 2 is 2.19 bits per heavy atom. The summed E-state index contributed by atoms with van der Waals surface area (Å²) in [6, 6.07) is 5.32. The van der Waals surface area contributed by atoms with E-state index in [9.17, 15) is 9.59 Å². The number of halogens is 1. The fraction of sp³-hybridized carbons (Fsp3) is 0.231. The predicted molar refractivity (Wildman–Crippen MR) is 77.7 cm³/mol. The van der Waals surface area contributed by atoms with Crippen molar-refractivity contribution >= 4 is 27.8 Å². The SMILES string of the molecule is Cc1ccc(C(=O)NCc2cn(CC(=O)O)nn2)cc1Br. The number of hydrogen-bond acceptors (Lipinski definition) is 4. The Morgan fingerprint density at radius 1 is 1.43 bits per heavy atom. The number of carboxylic acid groups (broad SMARTS) is 1. The van der Waals surface area contributed by atoms with Crippen molar-refractivity contribution in [1.29, 1.82) is 0 Å². The number of amides is 1. The Labute approximate surface area is 129 Å². The van der Waals surface area contributed by atoms with Crippen LogP contribution < -0.4 is 5.32 Å². The molecule has 8 heteroatoms. The van der Waals surface area contributed by atoms with Gasteiger partial charge in [-0.3, -0.25) is 9.59 Å². The van der Waals surface area contributed by atoms with Gasteiger partial charge in [-0.05, 0) is 24.6 Å². The fourth-order valence-corrected chi connectivity index (χ4v) is 2.02. The Balaban J connectivity index is 1.95. The number of hydrogen-bond donors (Lipinski definition) is 2. The Kier molecular flexibility index (Phi) is 4.69. The molecule has 1 aromatic carbocycles. The van der Waals surface area contributed by atoms with Gasteiger partial charge in [-0.2, -0.15) is 0 Å². The number of carboxylic acids is 1. The normalized spacial score (nSPS) is 10.4. The lowest BCUT2D eigenvalue weighted by molar-refractivity contribution is -0.137. The molecular formula is C13H13BrN4O3. The van der Waals surface area contributed by atoms with Crippen LogP contribution in [0.5, 0.6) is 0 Å². The van der Waals surface area contributed by atoms with E-state index < -0.39 is 5.97 Å². The number of aromatic nitrogens is 3. The second kappa shape index (κ2) is 6.49. The summed E-state index contributed by atoms with van der Waals surface area (Å²) in [5.41, 5.74) is 2.07. The van der Waals surface area contributed by atoms with Crippen molar-refractivity contribution in [3.63, 3.8) is 0 Å². The first-order chi connectivity index (χ1) is 9.95. The highest BCUT2D eigenvalue weighted by atomic mass is 79.9. The monoisotopic (exact) mass is 352 g/mol. The van der Waals surface area contributed by atoms with Crippen LogP contribution >= 0.6 is 15.9 Å². The number of aliphatic carboxylic acids is 1. The molecule has 1 heterocycles. The van der Waals surface area contributed by atoms with Crippen LogP contribution in [0.4, 0.5) is 0 Å². The molecule has 0 saturated heterocycles. The molecule has 0 atom stereocenters. The maximum atomic E-state index is 12.0. The maximum Gasteiger partial charge on any atom is 0.325 e. The van der Waals surface area contributed by atoms with Crippen LogP contribution in [0.15, 0.2) is 28.9 Å². The molecule has 0 saturated carbocycles. The fourth-order valence-electron chi connectivity index (χ4n) is 1.64. The summed E-state index contributed by atoms with van der Waals surface area (Å²) in [6.07, 6.45) is 1.49. The first-order valence-corrected chi connectivity index (χ1v) is 6.90. The second-order valence-corrected chi connectivity index (χ2v) is 5.30. The number of aryl methyl sites for hydroxylation is 1. The molecule has 2 N–H and O–H groups in total. The third-order valence-electron chi connectivity index (χ3n) is 2.75. The van der Waals surface area contributed by atoms with E-state index in [1.54, 1.807) is 12.1 Å². The topological polar surface area (TPSA) is 97.1 Å². The van der Waals surface area contributed by atoms with Gasteiger partial charge in [0.1, 0.15) is 12.2 Å². The molecule has 2 rings (SSSR count). The molecule has 0 fully saturated rings. The highest BCUT2D eigenvalue weighted by molar-refractivity contribution is 9.10. The summed E-state index contributed by atoms with van der Waals surface area (Å²) in [5.74, 6) is -1.23. The van der Waals surface area contributed by atoms with Crippen molar-refractivity contribution in [3.8, 4) is 0 Å². The van der Waals surface area contributed by atoms with Crippen molar-refractivity contribution < 1.29 is 14.7 Å². The summed E-state index contributed by atoms with van der Waals surface area (Å²) in [6.45, 7) is 1.86. The van der Waals surface area contributed by atoms with Gasteiger partial charge in [-0.25, -0.2) is 4.68 Å². The quantitative estimate of drug-likeness (QED) is 0.846. The number of carbonyl (C=O) groups is 2. The molecule has 1 amide bonds. The summed E-state index contributed by atoms with van der Waals surface area (Å²) in [5, 5.41) is 18.8. The molecule has 0 aliphatic carbocycles. The second-order valence-electron chi connectivity index (χ2n) is 4.45. The largest absolute Gasteiger partial charge is 0.480 e. The zero-order chi connectivity index (χ0) is 15.4. The molecule has 0 spiro atoms. The summed E-state index contributed by atoms with van der Waals surface area (Å²) in [7, 11) is 0. The minimum Gasteiger partial charge on any atom is -0.480 e. The van der Waals surface area contributed by atoms with E-state index in [2.05, 4.69) is 31.6 Å². The van der Waals surface area contributed by atoms with Crippen LogP contribution in [-0.2, 0) is 17.9 Å². The van der Waals surface area contributed by atoms with Crippen LogP contribution in [0, 0.1) is 6.92 Å². The molecule has 0 bridgehead atoms. The third-order valence-corrected chi connectivity index (χ3v) is 3.60. The molecule has 2 aromatic rings. The number of nitrogens with zero attached hydrogens (tertiary/aromatic N) is 3. The van der Waals surface area contributed by atoms with E-state index in [4.69, 9.17) is 5.11 Å². The molecule has 0 aliphatic rings. The van der Waals surface area contributed by atoms with Crippen molar-refractivity contribution in [2.75, 3.05) is 0 Å². The van der Waals surface area contributed by atoms with Crippen molar-refractivity contribution in [2.45, 2.75) is 20.0 Å². The van der Waals surface area contributed by atoms with Gasteiger partial charge in [0.2, 0.25) is 0 Å². The van der Waals surface area contributed by atoms with Crippen LogP contribution in [0.2, 0.25) is 0 Å². The van der Waals surface area contributed by atoms with Gasteiger partial charge >= 0.3 is 5.97 Å². The zero-order valence-electron chi connectivity index (χ0n) is 11.2. The average Bonchev–Trinajstić information content (AvgIpc) is 2.86. The third kappa shape index (κ3) is 4.12. The van der Waals surface area contributed by atoms with Gasteiger partial charge in [0.05, 0.1) is 12.7 Å². The van der Waals surface area contributed by atoms with Gasteiger partial charge in [0, 0.05) is 10.0 Å². The molecule has 21 heavy (non-hydrogen) atoms. The van der Waals surface area contributed by atoms with E-state index in [0.717, 1.165) is 10.0 Å². The van der Waals surface area contributed by atoms with Gasteiger partial charge < -0.3 is 10.4 Å². The van der Waals surface area contributed by atoms with Crippen LogP contribution in [0.25, 0.3) is 0 Å². The summed E-state index contributed by atoms with van der Waals surface area (Å²) >= 11 is 3.38. The van der Waals surface area contributed by atoms with Crippen LogP contribution in [0.3, 0.4) is 0 Å².